The smallest absolute Gasteiger partial charge is 0.338 e. The predicted molar refractivity (Wildman–Crippen MR) is 65.7 cm³/mol. The van der Waals surface area contributed by atoms with Crippen LogP contribution in [0.1, 0.15) is 29.3 Å². The summed E-state index contributed by atoms with van der Waals surface area (Å²) in [5, 5.41) is 0. The van der Waals surface area contributed by atoms with Crippen LogP contribution in [0.25, 0.3) is 0 Å². The van der Waals surface area contributed by atoms with Gasteiger partial charge in [0.15, 0.2) is 0 Å². The molecule has 4 nitrogen and oxygen atoms in total. The number of rotatable bonds is 7. The third-order valence-corrected chi connectivity index (χ3v) is 2.21. The molecule has 0 saturated carbocycles. The number of carbonyl (C=O) groups excluding carboxylic acids is 1. The number of hydrogen-bond acceptors (Lipinski definition) is 4. The molecule has 0 unspecified atom stereocenters. The fourth-order valence-electron chi connectivity index (χ4n) is 1.35. The minimum Gasteiger partial charge on any atom is -0.460 e. The summed E-state index contributed by atoms with van der Waals surface area (Å²) in [4.78, 5) is 11.6. The van der Waals surface area contributed by atoms with Crippen molar-refractivity contribution in [2.75, 3.05) is 19.8 Å². The van der Waals surface area contributed by atoms with Crippen LogP contribution in [0.4, 0.5) is 0 Å². The summed E-state index contributed by atoms with van der Waals surface area (Å²) >= 11 is 0. The summed E-state index contributed by atoms with van der Waals surface area (Å²) in [6.07, 6.45) is 0.965. The molecule has 17 heavy (non-hydrogen) atoms. The number of esters is 1. The molecule has 2 N–H and O–H groups in total. The van der Waals surface area contributed by atoms with Crippen molar-refractivity contribution < 1.29 is 14.3 Å². The highest BCUT2D eigenvalue weighted by Crippen LogP contribution is 2.06. The third kappa shape index (κ3) is 4.97. The molecule has 0 heterocycles. The number of benzene rings is 1. The summed E-state index contributed by atoms with van der Waals surface area (Å²) in [6, 6.07) is 7.14. The largest absolute Gasteiger partial charge is 0.460 e. The summed E-state index contributed by atoms with van der Waals surface area (Å²) < 4.78 is 10.3. The highest BCUT2D eigenvalue weighted by Gasteiger charge is 2.06. The highest BCUT2D eigenvalue weighted by molar-refractivity contribution is 5.89. The van der Waals surface area contributed by atoms with Crippen LogP contribution in [0.15, 0.2) is 24.3 Å². The second kappa shape index (κ2) is 7.81. The molecular formula is C13H19NO3. The number of hydrogen-bond donors (Lipinski definition) is 1. The fourth-order valence-corrected chi connectivity index (χ4v) is 1.35. The normalized spacial score (nSPS) is 10.2. The Balaban J connectivity index is 2.36. The third-order valence-electron chi connectivity index (χ3n) is 2.21. The van der Waals surface area contributed by atoms with E-state index in [2.05, 4.69) is 0 Å². The molecule has 0 aliphatic rings. The van der Waals surface area contributed by atoms with Crippen molar-refractivity contribution >= 4 is 5.97 Å². The lowest BCUT2D eigenvalue weighted by atomic mass is 10.1. The molecule has 4 heteroatoms. The van der Waals surface area contributed by atoms with Gasteiger partial charge in [-0.1, -0.05) is 19.1 Å². The van der Waals surface area contributed by atoms with E-state index in [4.69, 9.17) is 15.2 Å². The van der Waals surface area contributed by atoms with E-state index < -0.39 is 0 Å². The quantitative estimate of drug-likeness (QED) is 0.579. The van der Waals surface area contributed by atoms with Crippen LogP contribution in [0.2, 0.25) is 0 Å². The van der Waals surface area contributed by atoms with E-state index in [0.29, 0.717) is 25.3 Å². The van der Waals surface area contributed by atoms with Gasteiger partial charge < -0.3 is 15.2 Å². The monoisotopic (exact) mass is 237 g/mol. The van der Waals surface area contributed by atoms with E-state index in [1.165, 1.54) is 0 Å². The molecule has 0 spiro atoms. The molecule has 0 fully saturated rings. The lowest BCUT2D eigenvalue weighted by Crippen LogP contribution is -2.11. The Morgan fingerprint density at radius 3 is 2.82 bits per heavy atom. The van der Waals surface area contributed by atoms with Gasteiger partial charge in [-0.3, -0.25) is 0 Å². The molecule has 1 rings (SSSR count). The minimum absolute atomic E-state index is 0.283. The first-order valence-corrected chi connectivity index (χ1v) is 5.81. The Kier molecular flexibility index (Phi) is 6.29. The van der Waals surface area contributed by atoms with E-state index in [1.54, 1.807) is 18.2 Å². The van der Waals surface area contributed by atoms with Crippen molar-refractivity contribution in [3.63, 3.8) is 0 Å². The maximum absolute atomic E-state index is 11.6. The SMILES string of the molecule is CCCOCCOC(=O)c1cccc(CN)c1. The predicted octanol–water partition coefficient (Wildman–Crippen LogP) is 1.73. The zero-order valence-corrected chi connectivity index (χ0v) is 10.1. The minimum atomic E-state index is -0.333. The molecule has 0 aromatic heterocycles. The summed E-state index contributed by atoms with van der Waals surface area (Å²) in [5.41, 5.74) is 6.95. The Labute approximate surface area is 102 Å². The van der Waals surface area contributed by atoms with Gasteiger partial charge in [-0.25, -0.2) is 4.79 Å². The zero-order chi connectivity index (χ0) is 12.5. The van der Waals surface area contributed by atoms with Crippen molar-refractivity contribution in [2.24, 2.45) is 5.73 Å². The Morgan fingerprint density at radius 2 is 2.12 bits per heavy atom. The average Bonchev–Trinajstić information content (AvgIpc) is 2.38. The molecule has 0 bridgehead atoms. The second-order valence-electron chi connectivity index (χ2n) is 3.65. The number of carbonyl (C=O) groups is 1. The lowest BCUT2D eigenvalue weighted by Gasteiger charge is -2.06. The maximum atomic E-state index is 11.6. The topological polar surface area (TPSA) is 61.5 Å². The highest BCUT2D eigenvalue weighted by atomic mass is 16.6. The molecule has 0 atom stereocenters. The van der Waals surface area contributed by atoms with E-state index in [9.17, 15) is 4.79 Å². The van der Waals surface area contributed by atoms with E-state index in [1.807, 2.05) is 13.0 Å². The molecule has 0 aliphatic heterocycles. The summed E-state index contributed by atoms with van der Waals surface area (Å²) in [7, 11) is 0. The molecule has 0 amide bonds. The van der Waals surface area contributed by atoms with Gasteiger partial charge in [0.1, 0.15) is 6.61 Å². The van der Waals surface area contributed by atoms with Gasteiger partial charge in [-0.05, 0) is 24.1 Å². The molecule has 0 radical (unpaired) electrons. The van der Waals surface area contributed by atoms with Crippen LogP contribution in [0.3, 0.4) is 0 Å². The number of ether oxygens (including phenoxy) is 2. The first kappa shape index (κ1) is 13.7. The summed E-state index contributed by atoms with van der Waals surface area (Å²) in [5.74, 6) is -0.333. The van der Waals surface area contributed by atoms with Gasteiger partial charge in [0, 0.05) is 13.2 Å². The van der Waals surface area contributed by atoms with Crippen molar-refractivity contribution in [3.05, 3.63) is 35.4 Å². The van der Waals surface area contributed by atoms with Crippen LogP contribution in [0, 0.1) is 0 Å². The first-order chi connectivity index (χ1) is 8.27. The van der Waals surface area contributed by atoms with Crippen LogP contribution < -0.4 is 5.73 Å². The van der Waals surface area contributed by atoms with E-state index in [-0.39, 0.29) is 12.6 Å². The number of nitrogens with two attached hydrogens (primary N) is 1. The Bertz CT molecular complexity index is 352. The molecule has 0 saturated heterocycles. The van der Waals surface area contributed by atoms with Gasteiger partial charge in [-0.15, -0.1) is 0 Å². The van der Waals surface area contributed by atoms with Gasteiger partial charge >= 0.3 is 5.97 Å². The molecule has 0 aliphatic carbocycles. The molecule has 1 aromatic carbocycles. The zero-order valence-electron chi connectivity index (χ0n) is 10.1. The first-order valence-electron chi connectivity index (χ1n) is 5.81. The van der Waals surface area contributed by atoms with Crippen LogP contribution >= 0.6 is 0 Å². The molecular weight excluding hydrogens is 218 g/mol. The van der Waals surface area contributed by atoms with Gasteiger partial charge in [0.25, 0.3) is 0 Å². The Morgan fingerprint density at radius 1 is 1.29 bits per heavy atom. The van der Waals surface area contributed by atoms with Crippen molar-refractivity contribution in [1.29, 1.82) is 0 Å². The second-order valence-corrected chi connectivity index (χ2v) is 3.65. The molecule has 1 aromatic rings. The van der Waals surface area contributed by atoms with Crippen molar-refractivity contribution in [3.8, 4) is 0 Å². The fraction of sp³-hybridized carbons (Fsp3) is 0.462. The van der Waals surface area contributed by atoms with Crippen LogP contribution in [-0.4, -0.2) is 25.8 Å². The van der Waals surface area contributed by atoms with Gasteiger partial charge in [0.2, 0.25) is 0 Å². The Hall–Kier alpha value is -1.39. The lowest BCUT2D eigenvalue weighted by molar-refractivity contribution is 0.0318. The maximum Gasteiger partial charge on any atom is 0.338 e. The van der Waals surface area contributed by atoms with Gasteiger partial charge in [-0.2, -0.15) is 0 Å². The standard InChI is InChI=1S/C13H19NO3/c1-2-6-16-7-8-17-13(15)12-5-3-4-11(9-12)10-14/h3-5,9H,2,6-8,10,14H2,1H3. The summed E-state index contributed by atoms with van der Waals surface area (Å²) in [6.45, 7) is 3.87. The van der Waals surface area contributed by atoms with Crippen molar-refractivity contribution in [1.82, 2.24) is 0 Å². The van der Waals surface area contributed by atoms with Crippen LogP contribution in [-0.2, 0) is 16.0 Å². The van der Waals surface area contributed by atoms with Gasteiger partial charge in [0.05, 0.1) is 12.2 Å². The van der Waals surface area contributed by atoms with E-state index >= 15 is 0 Å². The van der Waals surface area contributed by atoms with E-state index in [0.717, 1.165) is 12.0 Å². The van der Waals surface area contributed by atoms with Crippen LogP contribution in [0.5, 0.6) is 0 Å². The average molecular weight is 237 g/mol. The van der Waals surface area contributed by atoms with Crippen molar-refractivity contribution in [2.45, 2.75) is 19.9 Å². The molecule has 94 valence electrons.